The zero-order valence-corrected chi connectivity index (χ0v) is 27.2. The molecule has 0 aliphatic carbocycles. The Bertz CT molecular complexity index is 1170. The van der Waals surface area contributed by atoms with Gasteiger partial charge in [0.05, 0.1) is 11.5 Å². The summed E-state index contributed by atoms with van der Waals surface area (Å²) in [5, 5.41) is -0.531. The zero-order chi connectivity index (χ0) is 31.4. The minimum atomic E-state index is -0.531. The molecule has 1 aliphatic rings. The Morgan fingerprint density at radius 1 is 0.860 bits per heavy atom. The second-order valence-corrected chi connectivity index (χ2v) is 13.1. The van der Waals surface area contributed by atoms with E-state index in [-0.39, 0.29) is 23.4 Å². The fraction of sp³-hybridized carbons (Fsp3) is 0.571. The molecule has 1 saturated heterocycles. The lowest BCUT2D eigenvalue weighted by atomic mass is 9.96. The van der Waals surface area contributed by atoms with E-state index < -0.39 is 11.3 Å². The van der Waals surface area contributed by atoms with E-state index in [0.717, 1.165) is 12.8 Å². The largest absolute Gasteiger partial charge is 0.488 e. The lowest BCUT2D eigenvalue weighted by Crippen LogP contribution is -2.44. The molecule has 0 aromatic heterocycles. The fourth-order valence-electron chi connectivity index (χ4n) is 5.17. The van der Waals surface area contributed by atoms with E-state index >= 15 is 0 Å². The Morgan fingerprint density at radius 3 is 2.00 bits per heavy atom. The third-order valence-electron chi connectivity index (χ3n) is 7.71. The smallest absolute Gasteiger partial charge is 0.343 e. The average Bonchev–Trinajstić information content (AvgIpc) is 2.97. The highest BCUT2D eigenvalue weighted by atomic mass is 35.5. The number of amides is 1. The minimum Gasteiger partial charge on any atom is -0.488 e. The second-order valence-electron chi connectivity index (χ2n) is 12.5. The van der Waals surface area contributed by atoms with Gasteiger partial charge in [-0.2, -0.15) is 0 Å². The predicted molar refractivity (Wildman–Crippen MR) is 170 cm³/mol. The van der Waals surface area contributed by atoms with Crippen molar-refractivity contribution < 1.29 is 28.6 Å². The molecular formula is C35H48ClNO6. The van der Waals surface area contributed by atoms with Crippen LogP contribution in [0.4, 0.5) is 0 Å². The molecule has 2 aromatic carbocycles. The number of esters is 2. The van der Waals surface area contributed by atoms with Crippen molar-refractivity contribution in [2.75, 3.05) is 13.1 Å². The molecule has 1 fully saturated rings. The summed E-state index contributed by atoms with van der Waals surface area (Å²) in [6.07, 6.45) is 8.78. The van der Waals surface area contributed by atoms with Gasteiger partial charge in [-0.3, -0.25) is 9.59 Å². The van der Waals surface area contributed by atoms with Gasteiger partial charge in [0.15, 0.2) is 0 Å². The molecule has 1 heterocycles. The molecule has 0 radical (unpaired) electrons. The molecule has 0 N–H and O–H groups in total. The number of ether oxygens (including phenoxy) is 3. The SMILES string of the molecule is CCCCCCCC(C)(C)Oc1ccc(C(=O)Oc2ccc(OC(=O)C3CCN(C(=O)[C@@H](Cl)CC(C)C)CC3)cc2)cc1. The van der Waals surface area contributed by atoms with E-state index in [4.69, 9.17) is 25.8 Å². The molecule has 0 unspecified atom stereocenters. The van der Waals surface area contributed by atoms with Crippen LogP contribution >= 0.6 is 11.6 Å². The first kappa shape index (κ1) is 34.4. The standard InChI is InChI=1S/C35H48ClNO6/c1-6-7-8-9-10-21-35(4,5)43-30-13-11-26(12-14-30)33(39)41-28-15-17-29(18-16-28)42-34(40)27-19-22-37(23-20-27)32(38)31(36)24-25(2)3/h11-18,25,27,31H,6-10,19-24H2,1-5H3/t31-/m0/s1. The lowest BCUT2D eigenvalue weighted by Gasteiger charge is -2.32. The maximum Gasteiger partial charge on any atom is 0.343 e. The number of rotatable bonds is 15. The summed E-state index contributed by atoms with van der Waals surface area (Å²) in [5.74, 6) is 0.603. The van der Waals surface area contributed by atoms with Crippen molar-refractivity contribution in [1.82, 2.24) is 4.90 Å². The maximum atomic E-state index is 12.7. The first-order valence-corrected chi connectivity index (χ1v) is 16.2. The molecule has 2 aromatic rings. The van der Waals surface area contributed by atoms with Crippen molar-refractivity contribution >= 4 is 29.4 Å². The van der Waals surface area contributed by atoms with Crippen LogP contribution < -0.4 is 14.2 Å². The summed E-state index contributed by atoms with van der Waals surface area (Å²) >= 11 is 6.28. The number of piperidine rings is 1. The molecular weight excluding hydrogens is 566 g/mol. The van der Waals surface area contributed by atoms with Gasteiger partial charge in [0.25, 0.3) is 0 Å². The van der Waals surface area contributed by atoms with Crippen LogP contribution in [0.2, 0.25) is 0 Å². The Hall–Kier alpha value is -3.06. The molecule has 3 rings (SSSR count). The number of hydrogen-bond acceptors (Lipinski definition) is 6. The molecule has 1 atom stereocenters. The van der Waals surface area contributed by atoms with Gasteiger partial charge in [0, 0.05) is 13.1 Å². The van der Waals surface area contributed by atoms with Gasteiger partial charge in [0.1, 0.15) is 28.2 Å². The Morgan fingerprint density at radius 2 is 1.42 bits per heavy atom. The number of likely N-dealkylation sites (tertiary alicyclic amines) is 1. The molecule has 236 valence electrons. The van der Waals surface area contributed by atoms with Crippen LogP contribution in [0.15, 0.2) is 48.5 Å². The van der Waals surface area contributed by atoms with Crippen molar-refractivity contribution in [3.05, 3.63) is 54.1 Å². The van der Waals surface area contributed by atoms with Gasteiger partial charge in [-0.15, -0.1) is 11.6 Å². The summed E-state index contributed by atoms with van der Waals surface area (Å²) in [5.41, 5.74) is 0.131. The van der Waals surface area contributed by atoms with Crippen molar-refractivity contribution in [2.24, 2.45) is 11.8 Å². The van der Waals surface area contributed by atoms with Gasteiger partial charge >= 0.3 is 11.9 Å². The van der Waals surface area contributed by atoms with E-state index in [1.807, 2.05) is 13.8 Å². The van der Waals surface area contributed by atoms with Crippen LogP contribution in [0.3, 0.4) is 0 Å². The monoisotopic (exact) mass is 613 g/mol. The number of unbranched alkanes of at least 4 members (excludes halogenated alkanes) is 4. The number of nitrogens with zero attached hydrogens (tertiary/aromatic N) is 1. The second kappa shape index (κ2) is 16.7. The Kier molecular flexibility index (Phi) is 13.4. The highest BCUT2D eigenvalue weighted by Crippen LogP contribution is 2.26. The summed E-state index contributed by atoms with van der Waals surface area (Å²) in [4.78, 5) is 39.7. The third-order valence-corrected chi connectivity index (χ3v) is 8.07. The van der Waals surface area contributed by atoms with Gasteiger partial charge in [0.2, 0.25) is 5.91 Å². The summed E-state index contributed by atoms with van der Waals surface area (Å²) in [6, 6.07) is 13.4. The Labute approximate surface area is 262 Å². The molecule has 0 saturated carbocycles. The summed E-state index contributed by atoms with van der Waals surface area (Å²) in [6.45, 7) is 11.4. The molecule has 0 bridgehead atoms. The number of hydrogen-bond donors (Lipinski definition) is 0. The van der Waals surface area contributed by atoms with E-state index in [9.17, 15) is 14.4 Å². The summed E-state index contributed by atoms with van der Waals surface area (Å²) < 4.78 is 17.2. The molecule has 43 heavy (non-hydrogen) atoms. The van der Waals surface area contributed by atoms with E-state index in [1.165, 1.54) is 25.7 Å². The third kappa shape index (κ3) is 11.5. The van der Waals surface area contributed by atoms with Crippen molar-refractivity contribution in [1.29, 1.82) is 0 Å². The van der Waals surface area contributed by atoms with Crippen LogP contribution in [0.5, 0.6) is 17.2 Å². The average molecular weight is 614 g/mol. The van der Waals surface area contributed by atoms with Crippen LogP contribution in [0.1, 0.15) is 103 Å². The summed E-state index contributed by atoms with van der Waals surface area (Å²) in [7, 11) is 0. The highest BCUT2D eigenvalue weighted by Gasteiger charge is 2.31. The van der Waals surface area contributed by atoms with Gasteiger partial charge in [-0.05, 0) is 100 Å². The van der Waals surface area contributed by atoms with Crippen LogP contribution in [0, 0.1) is 11.8 Å². The first-order chi connectivity index (χ1) is 20.5. The first-order valence-electron chi connectivity index (χ1n) is 15.7. The van der Waals surface area contributed by atoms with E-state index in [1.54, 1.807) is 53.4 Å². The number of benzene rings is 2. The number of carbonyl (C=O) groups excluding carboxylic acids is 3. The minimum absolute atomic E-state index is 0.0657. The molecule has 8 heteroatoms. The van der Waals surface area contributed by atoms with Gasteiger partial charge in [-0.1, -0.05) is 46.5 Å². The highest BCUT2D eigenvalue weighted by molar-refractivity contribution is 6.30. The van der Waals surface area contributed by atoms with E-state index in [2.05, 4.69) is 20.8 Å². The molecule has 1 amide bonds. The van der Waals surface area contributed by atoms with Crippen molar-refractivity contribution in [2.45, 2.75) is 103 Å². The zero-order valence-electron chi connectivity index (χ0n) is 26.4. The number of halogens is 1. The number of carbonyl (C=O) groups is 3. The van der Waals surface area contributed by atoms with Crippen LogP contribution in [-0.2, 0) is 9.59 Å². The van der Waals surface area contributed by atoms with Crippen molar-refractivity contribution in [3.63, 3.8) is 0 Å². The van der Waals surface area contributed by atoms with Crippen LogP contribution in [-0.4, -0.2) is 46.8 Å². The molecule has 7 nitrogen and oxygen atoms in total. The lowest BCUT2D eigenvalue weighted by molar-refractivity contribution is -0.143. The van der Waals surface area contributed by atoms with Crippen molar-refractivity contribution in [3.8, 4) is 17.2 Å². The van der Waals surface area contributed by atoms with Gasteiger partial charge < -0.3 is 19.1 Å². The normalized spacial score (nSPS) is 14.8. The Balaban J connectivity index is 1.43. The number of alkyl halides is 1. The fourth-order valence-corrected chi connectivity index (χ4v) is 5.67. The maximum absolute atomic E-state index is 12.7. The van der Waals surface area contributed by atoms with Crippen LogP contribution in [0.25, 0.3) is 0 Å². The molecule has 0 spiro atoms. The molecule has 1 aliphatic heterocycles. The van der Waals surface area contributed by atoms with Gasteiger partial charge in [-0.25, -0.2) is 4.79 Å². The topological polar surface area (TPSA) is 82.1 Å². The quantitative estimate of drug-likeness (QED) is 0.0871. The predicted octanol–water partition coefficient (Wildman–Crippen LogP) is 8.22. The van der Waals surface area contributed by atoms with E-state index in [0.29, 0.717) is 61.1 Å².